The Morgan fingerprint density at radius 3 is 2.11 bits per heavy atom. The standard InChI is InChI=1S/C16H14F3N3O4S/c17-11-2-4-16(13(19)9-11)27(25,26)21-7-5-20(6-8-21)15-10-12(18)1-3-14(15)22(23)24/h1-4,9-10H,5-8H2. The highest BCUT2D eigenvalue weighted by molar-refractivity contribution is 7.89. The van der Waals surface area contributed by atoms with Crippen molar-refractivity contribution < 1.29 is 26.5 Å². The summed E-state index contributed by atoms with van der Waals surface area (Å²) in [5.41, 5.74) is -0.248. The molecule has 1 heterocycles. The molecule has 2 aromatic carbocycles. The van der Waals surface area contributed by atoms with Gasteiger partial charge in [-0.05, 0) is 18.2 Å². The monoisotopic (exact) mass is 401 g/mol. The number of nitro benzene ring substituents is 1. The summed E-state index contributed by atoms with van der Waals surface area (Å²) in [4.78, 5) is 11.3. The molecule has 7 nitrogen and oxygen atoms in total. The number of hydrogen-bond acceptors (Lipinski definition) is 5. The number of nitrogens with zero attached hydrogens (tertiary/aromatic N) is 3. The van der Waals surface area contributed by atoms with Crippen LogP contribution in [0, 0.1) is 27.6 Å². The van der Waals surface area contributed by atoms with E-state index in [0.29, 0.717) is 6.07 Å². The Balaban J connectivity index is 1.81. The third-order valence-corrected chi connectivity index (χ3v) is 6.16. The summed E-state index contributed by atoms with van der Waals surface area (Å²) in [5, 5.41) is 11.1. The molecule has 0 N–H and O–H groups in total. The Morgan fingerprint density at radius 2 is 1.52 bits per heavy atom. The normalized spacial score (nSPS) is 15.7. The van der Waals surface area contributed by atoms with E-state index < -0.39 is 37.3 Å². The van der Waals surface area contributed by atoms with Crippen molar-refractivity contribution in [1.29, 1.82) is 0 Å². The molecule has 0 radical (unpaired) electrons. The molecule has 0 spiro atoms. The van der Waals surface area contributed by atoms with Crippen LogP contribution < -0.4 is 4.90 Å². The molecule has 3 rings (SSSR count). The van der Waals surface area contributed by atoms with Crippen LogP contribution in [-0.2, 0) is 10.0 Å². The maximum atomic E-state index is 13.9. The number of benzene rings is 2. The van der Waals surface area contributed by atoms with Gasteiger partial charge in [0.25, 0.3) is 5.69 Å². The SMILES string of the molecule is O=[N+]([O-])c1ccc(F)cc1N1CCN(S(=O)(=O)c2ccc(F)cc2F)CC1. The highest BCUT2D eigenvalue weighted by Gasteiger charge is 2.32. The van der Waals surface area contributed by atoms with Gasteiger partial charge in [0.05, 0.1) is 4.92 Å². The molecule has 1 fully saturated rings. The van der Waals surface area contributed by atoms with E-state index in [9.17, 15) is 31.7 Å². The molecule has 1 aliphatic rings. The number of anilines is 1. The number of nitro groups is 1. The number of hydrogen-bond donors (Lipinski definition) is 0. The number of rotatable bonds is 4. The second kappa shape index (κ2) is 7.16. The van der Waals surface area contributed by atoms with Gasteiger partial charge in [-0.1, -0.05) is 0 Å². The summed E-state index contributed by atoms with van der Waals surface area (Å²) in [7, 11) is -4.19. The first-order valence-corrected chi connectivity index (χ1v) is 9.28. The van der Waals surface area contributed by atoms with E-state index >= 15 is 0 Å². The predicted molar refractivity (Wildman–Crippen MR) is 90.4 cm³/mol. The minimum Gasteiger partial charge on any atom is -0.363 e. The maximum absolute atomic E-state index is 13.9. The average Bonchev–Trinajstić information content (AvgIpc) is 2.61. The maximum Gasteiger partial charge on any atom is 0.292 e. The van der Waals surface area contributed by atoms with Crippen LogP contribution in [0.15, 0.2) is 41.3 Å². The van der Waals surface area contributed by atoms with Gasteiger partial charge in [-0.2, -0.15) is 4.31 Å². The molecular weight excluding hydrogens is 387 g/mol. The van der Waals surface area contributed by atoms with Gasteiger partial charge in [-0.25, -0.2) is 21.6 Å². The third kappa shape index (κ3) is 3.74. The Kier molecular flexibility index (Phi) is 5.07. The molecule has 0 bridgehead atoms. The molecule has 2 aromatic rings. The van der Waals surface area contributed by atoms with Crippen LogP contribution in [0.1, 0.15) is 0 Å². The van der Waals surface area contributed by atoms with Crippen molar-refractivity contribution in [2.24, 2.45) is 0 Å². The van der Waals surface area contributed by atoms with E-state index in [2.05, 4.69) is 0 Å². The van der Waals surface area contributed by atoms with Crippen molar-refractivity contribution in [2.75, 3.05) is 31.1 Å². The van der Waals surface area contributed by atoms with E-state index in [0.717, 1.165) is 34.6 Å². The summed E-state index contributed by atoms with van der Waals surface area (Å²) < 4.78 is 66.5. The molecule has 1 aliphatic heterocycles. The number of piperazine rings is 1. The lowest BCUT2D eigenvalue weighted by Crippen LogP contribution is -2.49. The first-order valence-electron chi connectivity index (χ1n) is 7.84. The zero-order chi connectivity index (χ0) is 19.8. The zero-order valence-corrected chi connectivity index (χ0v) is 14.6. The molecule has 0 amide bonds. The molecule has 144 valence electrons. The van der Waals surface area contributed by atoms with Crippen LogP contribution in [-0.4, -0.2) is 43.8 Å². The van der Waals surface area contributed by atoms with Crippen LogP contribution in [0.3, 0.4) is 0 Å². The van der Waals surface area contributed by atoms with E-state index in [1.807, 2.05) is 0 Å². The molecule has 0 aliphatic carbocycles. The van der Waals surface area contributed by atoms with E-state index in [1.54, 1.807) is 0 Å². The molecule has 0 aromatic heterocycles. The van der Waals surface area contributed by atoms with Crippen molar-refractivity contribution >= 4 is 21.4 Å². The first kappa shape index (κ1) is 19.1. The molecule has 0 atom stereocenters. The van der Waals surface area contributed by atoms with E-state index in [1.165, 1.54) is 4.90 Å². The summed E-state index contributed by atoms with van der Waals surface area (Å²) in [6, 6.07) is 5.22. The molecule has 11 heteroatoms. The van der Waals surface area contributed by atoms with Crippen molar-refractivity contribution in [3.8, 4) is 0 Å². The van der Waals surface area contributed by atoms with Crippen LogP contribution in [0.5, 0.6) is 0 Å². The van der Waals surface area contributed by atoms with Crippen molar-refractivity contribution in [2.45, 2.75) is 4.90 Å². The topological polar surface area (TPSA) is 83.8 Å². The van der Waals surface area contributed by atoms with Crippen molar-refractivity contribution in [3.63, 3.8) is 0 Å². The van der Waals surface area contributed by atoms with Gasteiger partial charge in [-0.15, -0.1) is 0 Å². The van der Waals surface area contributed by atoms with Gasteiger partial charge in [0.15, 0.2) is 0 Å². The lowest BCUT2D eigenvalue weighted by atomic mass is 10.2. The van der Waals surface area contributed by atoms with Gasteiger partial charge in [0.2, 0.25) is 10.0 Å². The largest absolute Gasteiger partial charge is 0.363 e. The number of halogens is 3. The summed E-state index contributed by atoms with van der Waals surface area (Å²) >= 11 is 0. The minimum absolute atomic E-state index is 0.0463. The fourth-order valence-corrected chi connectivity index (χ4v) is 4.36. The first-order chi connectivity index (χ1) is 12.7. The summed E-state index contributed by atoms with van der Waals surface area (Å²) in [6.07, 6.45) is 0. The fraction of sp³-hybridized carbons (Fsp3) is 0.250. The predicted octanol–water partition coefficient (Wildman–Crippen LogP) is 2.52. The average molecular weight is 401 g/mol. The summed E-state index contributed by atoms with van der Waals surface area (Å²) in [5.74, 6) is -2.74. The van der Waals surface area contributed by atoms with Gasteiger partial charge in [0.1, 0.15) is 28.0 Å². The Labute approximate surface area is 152 Å². The second-order valence-electron chi connectivity index (χ2n) is 5.86. The lowest BCUT2D eigenvalue weighted by molar-refractivity contribution is -0.384. The molecule has 27 heavy (non-hydrogen) atoms. The quantitative estimate of drug-likeness (QED) is 0.581. The highest BCUT2D eigenvalue weighted by Crippen LogP contribution is 2.30. The summed E-state index contributed by atoms with van der Waals surface area (Å²) in [6.45, 7) is -0.0850. The van der Waals surface area contributed by atoms with Crippen LogP contribution >= 0.6 is 0 Å². The zero-order valence-electron chi connectivity index (χ0n) is 13.8. The molecule has 0 saturated carbocycles. The van der Waals surface area contributed by atoms with Crippen LogP contribution in [0.25, 0.3) is 0 Å². The Hall–Kier alpha value is -2.66. The molecule has 0 unspecified atom stereocenters. The molecular formula is C16H14F3N3O4S. The van der Waals surface area contributed by atoms with Gasteiger partial charge in [0, 0.05) is 44.4 Å². The Morgan fingerprint density at radius 1 is 0.926 bits per heavy atom. The Bertz CT molecular complexity index is 992. The van der Waals surface area contributed by atoms with Crippen molar-refractivity contribution in [3.05, 3.63) is 64.0 Å². The van der Waals surface area contributed by atoms with E-state index in [4.69, 9.17) is 0 Å². The minimum atomic E-state index is -4.19. The van der Waals surface area contributed by atoms with Crippen LogP contribution in [0.2, 0.25) is 0 Å². The third-order valence-electron chi connectivity index (χ3n) is 4.23. The van der Waals surface area contributed by atoms with Gasteiger partial charge >= 0.3 is 0 Å². The lowest BCUT2D eigenvalue weighted by Gasteiger charge is -2.35. The van der Waals surface area contributed by atoms with Crippen LogP contribution in [0.4, 0.5) is 24.5 Å². The van der Waals surface area contributed by atoms with Gasteiger partial charge < -0.3 is 4.90 Å². The fourth-order valence-electron chi connectivity index (χ4n) is 2.90. The molecule has 1 saturated heterocycles. The number of sulfonamides is 1. The van der Waals surface area contributed by atoms with Crippen molar-refractivity contribution in [1.82, 2.24) is 4.31 Å². The van der Waals surface area contributed by atoms with E-state index in [-0.39, 0.29) is 37.6 Å². The van der Waals surface area contributed by atoms with Gasteiger partial charge in [-0.3, -0.25) is 10.1 Å². The highest BCUT2D eigenvalue weighted by atomic mass is 32.2. The second-order valence-corrected chi connectivity index (χ2v) is 7.76. The smallest absolute Gasteiger partial charge is 0.292 e.